The first-order chi connectivity index (χ1) is 15.1. The maximum absolute atomic E-state index is 11.8. The minimum absolute atomic E-state index is 0.269. The van der Waals surface area contributed by atoms with Gasteiger partial charge in [0.2, 0.25) is 0 Å². The lowest BCUT2D eigenvalue weighted by Gasteiger charge is -2.44. The van der Waals surface area contributed by atoms with Gasteiger partial charge < -0.3 is 28.4 Å². The molecule has 0 aromatic heterocycles. The molecule has 0 aromatic rings. The molecule has 0 N–H and O–H groups in total. The molecule has 1 aliphatic heterocycles. The summed E-state index contributed by atoms with van der Waals surface area (Å²) in [6.45, 7) is 6.97. The predicted molar refractivity (Wildman–Crippen MR) is 111 cm³/mol. The van der Waals surface area contributed by atoms with E-state index in [0.717, 1.165) is 32.1 Å². The van der Waals surface area contributed by atoms with Gasteiger partial charge >= 0.3 is 23.9 Å². The van der Waals surface area contributed by atoms with Gasteiger partial charge in [-0.25, -0.2) is 0 Å². The van der Waals surface area contributed by atoms with Crippen molar-refractivity contribution in [3.05, 3.63) is 0 Å². The smallest absolute Gasteiger partial charge is 0.303 e. The van der Waals surface area contributed by atoms with Crippen LogP contribution in [0.15, 0.2) is 0 Å². The molecule has 1 rings (SSSR count). The van der Waals surface area contributed by atoms with Crippen molar-refractivity contribution in [2.45, 2.75) is 104 Å². The summed E-state index contributed by atoms with van der Waals surface area (Å²) in [5, 5.41) is 0. The second-order valence-electron chi connectivity index (χ2n) is 7.71. The first-order valence-electron chi connectivity index (χ1n) is 11.1. The Balaban J connectivity index is 3.01. The molecule has 10 nitrogen and oxygen atoms in total. The number of rotatable bonds is 13. The van der Waals surface area contributed by atoms with Crippen LogP contribution in [0.1, 0.15) is 73.1 Å². The van der Waals surface area contributed by atoms with Crippen molar-refractivity contribution in [1.29, 1.82) is 0 Å². The average Bonchev–Trinajstić information content (AvgIpc) is 2.68. The molecule has 10 heteroatoms. The fourth-order valence-corrected chi connectivity index (χ4v) is 3.40. The third-order valence-corrected chi connectivity index (χ3v) is 4.73. The maximum atomic E-state index is 11.8. The van der Waals surface area contributed by atoms with Crippen molar-refractivity contribution in [3.63, 3.8) is 0 Å². The fourth-order valence-electron chi connectivity index (χ4n) is 3.40. The summed E-state index contributed by atoms with van der Waals surface area (Å²) in [5.74, 6) is -2.56. The van der Waals surface area contributed by atoms with Crippen LogP contribution in [0, 0.1) is 0 Å². The summed E-state index contributed by atoms with van der Waals surface area (Å²) < 4.78 is 32.8. The van der Waals surface area contributed by atoms with Crippen LogP contribution in [0.5, 0.6) is 0 Å². The molecule has 0 amide bonds. The molecule has 0 aliphatic carbocycles. The number of hydrogen-bond acceptors (Lipinski definition) is 10. The van der Waals surface area contributed by atoms with E-state index in [1.54, 1.807) is 0 Å². The highest BCUT2D eigenvalue weighted by molar-refractivity contribution is 5.68. The van der Waals surface area contributed by atoms with Crippen molar-refractivity contribution < 1.29 is 47.6 Å². The zero-order chi connectivity index (χ0) is 24.1. The van der Waals surface area contributed by atoms with E-state index in [0.29, 0.717) is 6.61 Å². The van der Waals surface area contributed by atoms with E-state index in [-0.39, 0.29) is 6.61 Å². The van der Waals surface area contributed by atoms with Crippen LogP contribution in [0.25, 0.3) is 0 Å². The lowest BCUT2D eigenvalue weighted by Crippen LogP contribution is -2.63. The Morgan fingerprint density at radius 2 is 1.22 bits per heavy atom. The van der Waals surface area contributed by atoms with Crippen LogP contribution >= 0.6 is 0 Å². The van der Waals surface area contributed by atoms with Gasteiger partial charge in [0.05, 0.1) is 0 Å². The van der Waals surface area contributed by atoms with E-state index in [1.807, 2.05) is 0 Å². The van der Waals surface area contributed by atoms with Crippen LogP contribution in [-0.2, 0) is 47.6 Å². The largest absolute Gasteiger partial charge is 0.463 e. The van der Waals surface area contributed by atoms with E-state index >= 15 is 0 Å². The van der Waals surface area contributed by atoms with E-state index < -0.39 is 54.6 Å². The highest BCUT2D eigenvalue weighted by atomic mass is 16.7. The fraction of sp³-hybridized carbons (Fsp3) is 0.818. The summed E-state index contributed by atoms with van der Waals surface area (Å²) in [5.41, 5.74) is 0. The predicted octanol–water partition coefficient (Wildman–Crippen LogP) is 2.45. The quantitative estimate of drug-likeness (QED) is 0.230. The minimum atomic E-state index is -1.20. The Morgan fingerprint density at radius 1 is 0.688 bits per heavy atom. The standard InChI is InChI=1S/C22H36O10/c1-6-7-8-9-10-11-12-27-22-21(31-17(5)26)20(30-16(4)25)19(29-15(3)24)18(32-22)13-28-14(2)23/h18-22H,6-13H2,1-5H3. The number of carbonyl (C=O) groups is 4. The number of esters is 4. The summed E-state index contributed by atoms with van der Waals surface area (Å²) in [7, 11) is 0. The number of ether oxygens (including phenoxy) is 6. The molecule has 32 heavy (non-hydrogen) atoms. The van der Waals surface area contributed by atoms with Gasteiger partial charge in [-0.3, -0.25) is 19.2 Å². The summed E-state index contributed by atoms with van der Waals surface area (Å²) >= 11 is 0. The summed E-state index contributed by atoms with van der Waals surface area (Å²) in [4.78, 5) is 46.5. The highest BCUT2D eigenvalue weighted by Crippen LogP contribution is 2.30. The molecule has 1 heterocycles. The van der Waals surface area contributed by atoms with Gasteiger partial charge in [0.1, 0.15) is 12.7 Å². The average molecular weight is 461 g/mol. The summed E-state index contributed by atoms with van der Waals surface area (Å²) in [6.07, 6.45) is 0.641. The SMILES string of the molecule is CCCCCCCCOC1OC(COC(C)=O)C(OC(C)=O)C(OC(C)=O)C1OC(C)=O. The third kappa shape index (κ3) is 10.4. The van der Waals surface area contributed by atoms with Gasteiger partial charge in [0.25, 0.3) is 0 Å². The van der Waals surface area contributed by atoms with Crippen LogP contribution < -0.4 is 0 Å². The van der Waals surface area contributed by atoms with Crippen LogP contribution in [0.3, 0.4) is 0 Å². The van der Waals surface area contributed by atoms with Crippen LogP contribution in [0.4, 0.5) is 0 Å². The zero-order valence-electron chi connectivity index (χ0n) is 19.6. The molecule has 1 saturated heterocycles. The van der Waals surface area contributed by atoms with Gasteiger partial charge in [-0.05, 0) is 6.42 Å². The lowest BCUT2D eigenvalue weighted by molar-refractivity contribution is -0.308. The molecule has 0 saturated carbocycles. The van der Waals surface area contributed by atoms with E-state index in [4.69, 9.17) is 28.4 Å². The maximum Gasteiger partial charge on any atom is 0.303 e. The monoisotopic (exact) mass is 460 g/mol. The Bertz CT molecular complexity index is 620. The normalized spacial score (nSPS) is 25.0. The first-order valence-corrected chi connectivity index (χ1v) is 11.1. The molecule has 0 bridgehead atoms. The van der Waals surface area contributed by atoms with Crippen LogP contribution in [-0.4, -0.2) is 67.8 Å². The number of hydrogen-bond donors (Lipinski definition) is 0. The number of carbonyl (C=O) groups excluding carboxylic acids is 4. The highest BCUT2D eigenvalue weighted by Gasteiger charge is 2.52. The van der Waals surface area contributed by atoms with Crippen molar-refractivity contribution in [1.82, 2.24) is 0 Å². The molecule has 0 aromatic carbocycles. The first kappa shape index (κ1) is 27.8. The Labute approximate surface area is 189 Å². The van der Waals surface area contributed by atoms with Gasteiger partial charge in [-0.2, -0.15) is 0 Å². The molecule has 184 valence electrons. The van der Waals surface area contributed by atoms with E-state index in [2.05, 4.69) is 6.92 Å². The van der Waals surface area contributed by atoms with E-state index in [9.17, 15) is 19.2 Å². The molecule has 5 unspecified atom stereocenters. The molecule has 1 fully saturated rings. The van der Waals surface area contributed by atoms with Gasteiger partial charge in [0.15, 0.2) is 24.6 Å². The van der Waals surface area contributed by atoms with Crippen molar-refractivity contribution in [2.75, 3.05) is 13.2 Å². The number of unbranched alkanes of at least 4 members (excludes halogenated alkanes) is 5. The molecule has 1 aliphatic rings. The summed E-state index contributed by atoms with van der Waals surface area (Å²) in [6, 6.07) is 0. The second-order valence-corrected chi connectivity index (χ2v) is 7.71. The molecular weight excluding hydrogens is 424 g/mol. The molecular formula is C22H36O10. The van der Waals surface area contributed by atoms with Crippen molar-refractivity contribution in [2.24, 2.45) is 0 Å². The van der Waals surface area contributed by atoms with E-state index in [1.165, 1.54) is 34.1 Å². The topological polar surface area (TPSA) is 124 Å². The Morgan fingerprint density at radius 3 is 1.78 bits per heavy atom. The van der Waals surface area contributed by atoms with Crippen LogP contribution in [0.2, 0.25) is 0 Å². The third-order valence-electron chi connectivity index (χ3n) is 4.73. The zero-order valence-corrected chi connectivity index (χ0v) is 19.6. The van der Waals surface area contributed by atoms with Gasteiger partial charge in [-0.15, -0.1) is 0 Å². The Kier molecular flexibility index (Phi) is 12.9. The molecule has 5 atom stereocenters. The van der Waals surface area contributed by atoms with Gasteiger partial charge in [0, 0.05) is 34.3 Å². The van der Waals surface area contributed by atoms with Gasteiger partial charge in [-0.1, -0.05) is 39.0 Å². The molecule has 0 spiro atoms. The lowest BCUT2D eigenvalue weighted by atomic mass is 9.98. The second kappa shape index (κ2) is 14.8. The van der Waals surface area contributed by atoms with Crippen molar-refractivity contribution >= 4 is 23.9 Å². The molecule has 0 radical (unpaired) electrons. The van der Waals surface area contributed by atoms with Crippen molar-refractivity contribution in [3.8, 4) is 0 Å². The Hall–Kier alpha value is -2.20. The minimum Gasteiger partial charge on any atom is -0.463 e.